The molecule has 0 aliphatic rings. The zero-order valence-electron chi connectivity index (χ0n) is 9.67. The van der Waals surface area contributed by atoms with E-state index in [2.05, 4.69) is 10.6 Å². The third-order valence-electron chi connectivity index (χ3n) is 1.87. The van der Waals surface area contributed by atoms with Crippen molar-refractivity contribution >= 4 is 5.91 Å². The number of nitrogens with one attached hydrogen (secondary N) is 2. The first kappa shape index (κ1) is 14.3. The molecule has 0 aliphatic heterocycles. The minimum Gasteiger partial charge on any atom is -0.385 e. The molecule has 0 bridgehead atoms. The normalized spacial score (nSPS) is 10.3. The van der Waals surface area contributed by atoms with E-state index in [0.717, 1.165) is 19.4 Å². The molecule has 90 valence electrons. The number of hydrogen-bond acceptors (Lipinski definition) is 4. The summed E-state index contributed by atoms with van der Waals surface area (Å²) in [5.41, 5.74) is 0. The van der Waals surface area contributed by atoms with E-state index in [0.29, 0.717) is 26.2 Å². The topological polar surface area (TPSA) is 59.6 Å². The Morgan fingerprint density at radius 1 is 1.07 bits per heavy atom. The SMILES string of the molecule is COCCCCNC(=O)CNCCOC. The highest BCUT2D eigenvalue weighted by molar-refractivity contribution is 5.77. The van der Waals surface area contributed by atoms with Crippen LogP contribution in [0.2, 0.25) is 0 Å². The van der Waals surface area contributed by atoms with Gasteiger partial charge in [-0.2, -0.15) is 0 Å². The summed E-state index contributed by atoms with van der Waals surface area (Å²) in [7, 11) is 3.32. The summed E-state index contributed by atoms with van der Waals surface area (Å²) in [5.74, 6) is 0.0310. The number of carbonyl (C=O) groups excluding carboxylic acids is 1. The van der Waals surface area contributed by atoms with Gasteiger partial charge in [-0.3, -0.25) is 4.79 Å². The van der Waals surface area contributed by atoms with E-state index in [9.17, 15) is 4.79 Å². The summed E-state index contributed by atoms with van der Waals surface area (Å²) in [5, 5.41) is 5.80. The predicted molar refractivity (Wildman–Crippen MR) is 58.9 cm³/mol. The zero-order chi connectivity index (χ0) is 11.4. The number of carbonyl (C=O) groups is 1. The van der Waals surface area contributed by atoms with E-state index in [1.807, 2.05) is 0 Å². The molecule has 15 heavy (non-hydrogen) atoms. The van der Waals surface area contributed by atoms with Crippen molar-refractivity contribution in [3.63, 3.8) is 0 Å². The van der Waals surface area contributed by atoms with Crippen LogP contribution in [-0.4, -0.2) is 53.0 Å². The van der Waals surface area contributed by atoms with Crippen molar-refractivity contribution < 1.29 is 14.3 Å². The Bertz CT molecular complexity index is 154. The van der Waals surface area contributed by atoms with Crippen molar-refractivity contribution in [2.24, 2.45) is 0 Å². The van der Waals surface area contributed by atoms with E-state index < -0.39 is 0 Å². The number of amides is 1. The van der Waals surface area contributed by atoms with Gasteiger partial charge in [-0.25, -0.2) is 0 Å². The third kappa shape index (κ3) is 11.3. The summed E-state index contributed by atoms with van der Waals surface area (Å²) in [6.45, 7) is 3.15. The summed E-state index contributed by atoms with van der Waals surface area (Å²) in [4.78, 5) is 11.2. The lowest BCUT2D eigenvalue weighted by Gasteiger charge is -2.06. The van der Waals surface area contributed by atoms with Gasteiger partial charge in [0.1, 0.15) is 0 Å². The molecule has 1 amide bonds. The first-order valence-corrected chi connectivity index (χ1v) is 5.26. The van der Waals surface area contributed by atoms with Crippen LogP contribution in [0.1, 0.15) is 12.8 Å². The molecule has 0 radical (unpaired) electrons. The molecule has 0 fully saturated rings. The van der Waals surface area contributed by atoms with Gasteiger partial charge in [-0.1, -0.05) is 0 Å². The molecule has 0 aromatic carbocycles. The van der Waals surface area contributed by atoms with Crippen LogP contribution in [0.25, 0.3) is 0 Å². The second kappa shape index (κ2) is 11.4. The van der Waals surface area contributed by atoms with Crippen LogP contribution in [0.5, 0.6) is 0 Å². The van der Waals surface area contributed by atoms with Gasteiger partial charge in [0, 0.05) is 33.9 Å². The number of unbranched alkanes of at least 4 members (excludes halogenated alkanes) is 1. The molecule has 0 heterocycles. The van der Waals surface area contributed by atoms with E-state index in [4.69, 9.17) is 9.47 Å². The molecule has 5 nitrogen and oxygen atoms in total. The highest BCUT2D eigenvalue weighted by Crippen LogP contribution is 1.86. The number of rotatable bonds is 10. The Morgan fingerprint density at radius 3 is 2.47 bits per heavy atom. The van der Waals surface area contributed by atoms with Crippen LogP contribution in [0.3, 0.4) is 0 Å². The van der Waals surface area contributed by atoms with E-state index in [-0.39, 0.29) is 5.91 Å². The first-order valence-electron chi connectivity index (χ1n) is 5.26. The van der Waals surface area contributed by atoms with Crippen molar-refractivity contribution in [2.45, 2.75) is 12.8 Å². The lowest BCUT2D eigenvalue weighted by atomic mass is 10.3. The maximum absolute atomic E-state index is 11.2. The molecule has 5 heteroatoms. The first-order chi connectivity index (χ1) is 7.31. The summed E-state index contributed by atoms with van der Waals surface area (Å²) in [6.07, 6.45) is 1.94. The fourth-order valence-corrected chi connectivity index (χ4v) is 1.04. The molecular weight excluding hydrogens is 196 g/mol. The molecule has 0 aromatic heterocycles. The lowest BCUT2D eigenvalue weighted by molar-refractivity contribution is -0.120. The van der Waals surface area contributed by atoms with Crippen molar-refractivity contribution in [1.82, 2.24) is 10.6 Å². The molecule has 0 saturated heterocycles. The zero-order valence-corrected chi connectivity index (χ0v) is 9.67. The number of methoxy groups -OCH3 is 2. The molecule has 0 rings (SSSR count). The fourth-order valence-electron chi connectivity index (χ4n) is 1.04. The maximum atomic E-state index is 11.2. The Hall–Kier alpha value is -0.650. The van der Waals surface area contributed by atoms with E-state index in [1.165, 1.54) is 0 Å². The summed E-state index contributed by atoms with van der Waals surface area (Å²) >= 11 is 0. The molecule has 0 aromatic rings. The van der Waals surface area contributed by atoms with Crippen LogP contribution < -0.4 is 10.6 Å². The summed E-state index contributed by atoms with van der Waals surface area (Å²) < 4.78 is 9.74. The Kier molecular flexibility index (Phi) is 10.9. The molecule has 0 atom stereocenters. The van der Waals surface area contributed by atoms with Crippen LogP contribution in [0, 0.1) is 0 Å². The summed E-state index contributed by atoms with van der Waals surface area (Å²) in [6, 6.07) is 0. The molecule has 0 aliphatic carbocycles. The second-order valence-corrected chi connectivity index (χ2v) is 3.22. The number of hydrogen-bond donors (Lipinski definition) is 2. The maximum Gasteiger partial charge on any atom is 0.233 e. The van der Waals surface area contributed by atoms with Gasteiger partial charge in [0.15, 0.2) is 0 Å². The smallest absolute Gasteiger partial charge is 0.233 e. The molecular formula is C10H22N2O3. The predicted octanol–water partition coefficient (Wildman–Crippen LogP) is -0.235. The standard InChI is InChI=1S/C10H22N2O3/c1-14-7-4-3-5-12-10(13)9-11-6-8-15-2/h11H,3-9H2,1-2H3,(H,12,13). The van der Waals surface area contributed by atoms with Crippen molar-refractivity contribution in [3.05, 3.63) is 0 Å². The highest BCUT2D eigenvalue weighted by atomic mass is 16.5. The van der Waals surface area contributed by atoms with Gasteiger partial charge in [0.05, 0.1) is 13.2 Å². The Labute approximate surface area is 91.5 Å². The quantitative estimate of drug-likeness (QED) is 0.497. The van der Waals surface area contributed by atoms with Crippen molar-refractivity contribution in [3.8, 4) is 0 Å². The molecule has 0 spiro atoms. The molecule has 0 saturated carbocycles. The molecule has 2 N–H and O–H groups in total. The average Bonchev–Trinajstić information content (AvgIpc) is 2.24. The van der Waals surface area contributed by atoms with Gasteiger partial charge >= 0.3 is 0 Å². The van der Waals surface area contributed by atoms with Crippen molar-refractivity contribution in [1.29, 1.82) is 0 Å². The van der Waals surface area contributed by atoms with Gasteiger partial charge in [-0.05, 0) is 12.8 Å². The third-order valence-corrected chi connectivity index (χ3v) is 1.87. The Balaban J connectivity index is 3.11. The average molecular weight is 218 g/mol. The van der Waals surface area contributed by atoms with Crippen LogP contribution in [-0.2, 0) is 14.3 Å². The monoisotopic (exact) mass is 218 g/mol. The van der Waals surface area contributed by atoms with Crippen molar-refractivity contribution in [2.75, 3.05) is 47.1 Å². The number of ether oxygens (including phenoxy) is 2. The molecule has 0 unspecified atom stereocenters. The minimum absolute atomic E-state index is 0.0310. The van der Waals surface area contributed by atoms with Gasteiger partial charge < -0.3 is 20.1 Å². The van der Waals surface area contributed by atoms with Crippen LogP contribution >= 0.6 is 0 Å². The van der Waals surface area contributed by atoms with Gasteiger partial charge in [0.25, 0.3) is 0 Å². The van der Waals surface area contributed by atoms with E-state index in [1.54, 1.807) is 14.2 Å². The highest BCUT2D eigenvalue weighted by Gasteiger charge is 1.98. The Morgan fingerprint density at radius 2 is 1.80 bits per heavy atom. The van der Waals surface area contributed by atoms with Crippen LogP contribution in [0.4, 0.5) is 0 Å². The van der Waals surface area contributed by atoms with E-state index >= 15 is 0 Å². The largest absolute Gasteiger partial charge is 0.385 e. The fraction of sp³-hybridized carbons (Fsp3) is 0.900. The van der Waals surface area contributed by atoms with Gasteiger partial charge in [-0.15, -0.1) is 0 Å². The minimum atomic E-state index is 0.0310. The second-order valence-electron chi connectivity index (χ2n) is 3.22. The van der Waals surface area contributed by atoms with Crippen LogP contribution in [0.15, 0.2) is 0 Å². The van der Waals surface area contributed by atoms with Gasteiger partial charge in [0.2, 0.25) is 5.91 Å². The lowest BCUT2D eigenvalue weighted by Crippen LogP contribution is -2.35.